The van der Waals surface area contributed by atoms with Crippen LogP contribution in [-0.2, 0) is 11.8 Å². The molecule has 0 aliphatic carbocycles. The van der Waals surface area contributed by atoms with Crippen molar-refractivity contribution in [2.24, 2.45) is 13.0 Å². The third kappa shape index (κ3) is 3.40. The third-order valence-electron chi connectivity index (χ3n) is 7.02. The van der Waals surface area contributed by atoms with Crippen molar-refractivity contribution in [3.8, 4) is 11.3 Å². The van der Waals surface area contributed by atoms with Crippen LogP contribution in [0, 0.1) is 12.8 Å². The van der Waals surface area contributed by atoms with Crippen molar-refractivity contribution >= 4 is 33.5 Å². The maximum Gasteiger partial charge on any atom is 0.0976 e. The number of halogens is 1. The Balaban J connectivity index is 1.69. The maximum absolute atomic E-state index is 6.84. The van der Waals surface area contributed by atoms with Crippen LogP contribution < -0.4 is 0 Å². The molecule has 6 nitrogen and oxygen atoms in total. The van der Waals surface area contributed by atoms with Crippen molar-refractivity contribution in [3.63, 3.8) is 0 Å². The minimum absolute atomic E-state index is 0.106. The Hall–Kier alpha value is -3.22. The highest BCUT2D eigenvalue weighted by Crippen LogP contribution is 2.42. The molecule has 34 heavy (non-hydrogen) atoms. The minimum Gasteiger partial charge on any atom is -0.381 e. The number of fused-ring (bicyclic) bond motifs is 3. The molecule has 5 heterocycles. The SMILES string of the molecule is Cc1ncn(C)c1-c1cnc2c3cncc(Cl)c3n([C@H](c3ccccc3)C3CCOCC3)c2c1. The van der Waals surface area contributed by atoms with Gasteiger partial charge in [0, 0.05) is 49.8 Å². The molecule has 1 saturated heterocycles. The highest BCUT2D eigenvalue weighted by Gasteiger charge is 2.31. The molecule has 0 amide bonds. The summed E-state index contributed by atoms with van der Waals surface area (Å²) in [7, 11) is 2.02. The monoisotopic (exact) mass is 471 g/mol. The predicted octanol–water partition coefficient (Wildman–Crippen LogP) is 5.96. The van der Waals surface area contributed by atoms with Gasteiger partial charge in [0.25, 0.3) is 0 Å². The number of ether oxygens (including phenoxy) is 1. The average molecular weight is 472 g/mol. The fourth-order valence-corrected chi connectivity index (χ4v) is 5.75. The van der Waals surface area contributed by atoms with Crippen LogP contribution in [0.15, 0.2) is 61.3 Å². The summed E-state index contributed by atoms with van der Waals surface area (Å²) in [4.78, 5) is 13.8. The minimum atomic E-state index is 0.106. The lowest BCUT2D eigenvalue weighted by Crippen LogP contribution is -2.27. The highest BCUT2D eigenvalue weighted by molar-refractivity contribution is 6.36. The standard InChI is InChI=1S/C27H26ClN5O/c1-17-25(32(2)16-31-17)20-12-23-24(30-13-20)21-14-29-15-22(28)27(21)33(23)26(18-6-4-3-5-7-18)19-8-10-34-11-9-19/h3-7,12-16,19,26H,8-11H2,1-2H3/t26-/m1/s1. The van der Waals surface area contributed by atoms with Gasteiger partial charge in [0.05, 0.1) is 45.3 Å². The summed E-state index contributed by atoms with van der Waals surface area (Å²) in [5, 5.41) is 1.62. The van der Waals surface area contributed by atoms with Crippen LogP contribution in [0.5, 0.6) is 0 Å². The third-order valence-corrected chi connectivity index (χ3v) is 7.30. The summed E-state index contributed by atoms with van der Waals surface area (Å²) in [6.07, 6.45) is 9.39. The van der Waals surface area contributed by atoms with E-state index in [1.807, 2.05) is 37.3 Å². The van der Waals surface area contributed by atoms with E-state index in [2.05, 4.69) is 50.9 Å². The summed E-state index contributed by atoms with van der Waals surface area (Å²) in [5.74, 6) is 0.418. The van der Waals surface area contributed by atoms with E-state index in [9.17, 15) is 0 Å². The van der Waals surface area contributed by atoms with Crippen molar-refractivity contribution in [3.05, 3.63) is 77.6 Å². The van der Waals surface area contributed by atoms with Gasteiger partial charge in [0.2, 0.25) is 0 Å². The molecule has 0 radical (unpaired) electrons. The fourth-order valence-electron chi connectivity index (χ4n) is 5.50. The Bertz CT molecular complexity index is 1460. The molecule has 1 aromatic carbocycles. The number of imidazole rings is 1. The number of nitrogens with zero attached hydrogens (tertiary/aromatic N) is 5. The van der Waals surface area contributed by atoms with Gasteiger partial charge < -0.3 is 13.9 Å². The van der Waals surface area contributed by atoms with E-state index in [4.69, 9.17) is 21.3 Å². The smallest absolute Gasteiger partial charge is 0.0976 e. The molecule has 1 atom stereocenters. The van der Waals surface area contributed by atoms with Gasteiger partial charge in [-0.15, -0.1) is 0 Å². The van der Waals surface area contributed by atoms with Crippen LogP contribution in [0.1, 0.15) is 30.1 Å². The number of rotatable bonds is 4. The van der Waals surface area contributed by atoms with Gasteiger partial charge in [-0.2, -0.15) is 0 Å². The van der Waals surface area contributed by atoms with Crippen molar-refractivity contribution in [2.45, 2.75) is 25.8 Å². The maximum atomic E-state index is 6.84. The van der Waals surface area contributed by atoms with Crippen molar-refractivity contribution in [1.82, 2.24) is 24.1 Å². The molecule has 1 aliphatic heterocycles. The van der Waals surface area contributed by atoms with Gasteiger partial charge in [0.1, 0.15) is 0 Å². The summed E-state index contributed by atoms with van der Waals surface area (Å²) in [5.41, 5.74) is 7.32. The molecule has 0 N–H and O–H groups in total. The Kier molecular flexibility index (Phi) is 5.35. The highest BCUT2D eigenvalue weighted by atomic mass is 35.5. The van der Waals surface area contributed by atoms with E-state index in [0.717, 1.165) is 64.9 Å². The normalized spacial score (nSPS) is 15.9. The Morgan fingerprint density at radius 2 is 1.85 bits per heavy atom. The number of pyridine rings is 2. The summed E-state index contributed by atoms with van der Waals surface area (Å²) < 4.78 is 10.2. The van der Waals surface area contributed by atoms with Gasteiger partial charge in [-0.1, -0.05) is 41.9 Å². The summed E-state index contributed by atoms with van der Waals surface area (Å²) in [6.45, 7) is 3.58. The van der Waals surface area contributed by atoms with Gasteiger partial charge >= 0.3 is 0 Å². The lowest BCUT2D eigenvalue weighted by molar-refractivity contribution is 0.0553. The zero-order valence-electron chi connectivity index (χ0n) is 19.3. The number of hydrogen-bond donors (Lipinski definition) is 0. The average Bonchev–Trinajstić information content (AvgIpc) is 3.38. The molecular formula is C27H26ClN5O. The number of benzene rings is 1. The fraction of sp³-hybridized carbons (Fsp3) is 0.296. The topological polar surface area (TPSA) is 57.8 Å². The molecule has 4 aromatic heterocycles. The van der Waals surface area contributed by atoms with Crippen molar-refractivity contribution in [1.29, 1.82) is 0 Å². The van der Waals surface area contributed by atoms with E-state index in [1.165, 1.54) is 5.56 Å². The van der Waals surface area contributed by atoms with Gasteiger partial charge in [0.15, 0.2) is 0 Å². The largest absolute Gasteiger partial charge is 0.381 e. The molecule has 172 valence electrons. The first-order chi connectivity index (χ1) is 16.6. The lowest BCUT2D eigenvalue weighted by Gasteiger charge is -2.33. The van der Waals surface area contributed by atoms with Crippen LogP contribution in [0.2, 0.25) is 5.02 Å². The second kappa shape index (κ2) is 8.53. The van der Waals surface area contributed by atoms with E-state index in [1.54, 1.807) is 6.20 Å². The van der Waals surface area contributed by atoms with E-state index in [0.29, 0.717) is 10.9 Å². The molecule has 0 bridgehead atoms. The van der Waals surface area contributed by atoms with Crippen LogP contribution in [-0.4, -0.2) is 37.3 Å². The Morgan fingerprint density at radius 3 is 2.59 bits per heavy atom. The van der Waals surface area contributed by atoms with Crippen LogP contribution in [0.3, 0.4) is 0 Å². The second-order valence-electron chi connectivity index (χ2n) is 9.07. The molecule has 0 unspecified atom stereocenters. The van der Waals surface area contributed by atoms with E-state index in [-0.39, 0.29) is 6.04 Å². The van der Waals surface area contributed by atoms with Crippen LogP contribution in [0.25, 0.3) is 33.2 Å². The molecule has 6 rings (SSSR count). The molecule has 0 spiro atoms. The zero-order chi connectivity index (χ0) is 23.2. The number of aromatic nitrogens is 5. The van der Waals surface area contributed by atoms with E-state index >= 15 is 0 Å². The first kappa shape index (κ1) is 21.3. The molecule has 7 heteroatoms. The Morgan fingerprint density at radius 1 is 1.06 bits per heavy atom. The van der Waals surface area contributed by atoms with Crippen LogP contribution >= 0.6 is 11.6 Å². The van der Waals surface area contributed by atoms with Gasteiger partial charge in [-0.05, 0) is 37.3 Å². The number of aryl methyl sites for hydroxylation is 2. The Labute approximate surface area is 203 Å². The molecular weight excluding hydrogens is 446 g/mol. The van der Waals surface area contributed by atoms with E-state index < -0.39 is 0 Å². The van der Waals surface area contributed by atoms with Gasteiger partial charge in [-0.25, -0.2) is 4.98 Å². The molecule has 1 aliphatic rings. The van der Waals surface area contributed by atoms with Crippen molar-refractivity contribution in [2.75, 3.05) is 13.2 Å². The second-order valence-corrected chi connectivity index (χ2v) is 9.48. The lowest BCUT2D eigenvalue weighted by atomic mass is 9.86. The van der Waals surface area contributed by atoms with Crippen LogP contribution in [0.4, 0.5) is 0 Å². The summed E-state index contributed by atoms with van der Waals surface area (Å²) in [6, 6.07) is 13.1. The van der Waals surface area contributed by atoms with Gasteiger partial charge in [-0.3, -0.25) is 9.97 Å². The molecule has 0 saturated carbocycles. The first-order valence-electron chi connectivity index (χ1n) is 11.7. The van der Waals surface area contributed by atoms with Crippen molar-refractivity contribution < 1.29 is 4.74 Å². The first-order valence-corrected chi connectivity index (χ1v) is 12.1. The quantitative estimate of drug-likeness (QED) is 0.324. The number of hydrogen-bond acceptors (Lipinski definition) is 4. The summed E-state index contributed by atoms with van der Waals surface area (Å²) >= 11 is 6.84. The molecule has 5 aromatic rings. The molecule has 1 fully saturated rings. The predicted molar refractivity (Wildman–Crippen MR) is 135 cm³/mol. The zero-order valence-corrected chi connectivity index (χ0v) is 20.0.